The van der Waals surface area contributed by atoms with Crippen LogP contribution in [-0.4, -0.2) is 45.7 Å². The van der Waals surface area contributed by atoms with Gasteiger partial charge in [-0.25, -0.2) is 9.97 Å². The number of aryl methyl sites for hydroxylation is 1. The van der Waals surface area contributed by atoms with Crippen LogP contribution in [0.4, 0.5) is 5.82 Å². The Labute approximate surface area is 175 Å². The van der Waals surface area contributed by atoms with Gasteiger partial charge in [0.15, 0.2) is 5.82 Å². The first kappa shape index (κ1) is 20.0. The van der Waals surface area contributed by atoms with E-state index in [1.54, 1.807) is 9.80 Å². The SMILES string of the molecule is CC(=O)NCC(=O)N1CCC[C@H]1c1nc(C)c2c(n1)N(Cc1ccccc1)C(=O)C2. The highest BCUT2D eigenvalue weighted by Crippen LogP contribution is 2.35. The average Bonchev–Trinajstić information content (AvgIpc) is 3.33. The van der Waals surface area contributed by atoms with Crippen LogP contribution in [0.3, 0.4) is 0 Å². The third-order valence-electron chi connectivity index (χ3n) is 5.64. The number of fused-ring (bicyclic) bond motifs is 1. The number of carbonyl (C=O) groups is 3. The second-order valence-corrected chi connectivity index (χ2v) is 7.77. The maximum absolute atomic E-state index is 12.7. The Morgan fingerprint density at radius 2 is 1.97 bits per heavy atom. The van der Waals surface area contributed by atoms with Gasteiger partial charge in [-0.1, -0.05) is 30.3 Å². The van der Waals surface area contributed by atoms with Gasteiger partial charge in [0.1, 0.15) is 5.82 Å². The molecule has 1 saturated heterocycles. The molecule has 0 unspecified atom stereocenters. The van der Waals surface area contributed by atoms with Crippen molar-refractivity contribution in [2.75, 3.05) is 18.0 Å². The van der Waals surface area contributed by atoms with Crippen LogP contribution in [0.25, 0.3) is 0 Å². The van der Waals surface area contributed by atoms with Gasteiger partial charge in [-0.2, -0.15) is 0 Å². The Balaban J connectivity index is 1.62. The molecule has 1 aromatic carbocycles. The third kappa shape index (κ3) is 3.90. The Morgan fingerprint density at radius 3 is 2.70 bits per heavy atom. The van der Waals surface area contributed by atoms with E-state index in [1.165, 1.54) is 6.92 Å². The molecule has 30 heavy (non-hydrogen) atoms. The smallest absolute Gasteiger partial charge is 0.242 e. The highest BCUT2D eigenvalue weighted by atomic mass is 16.2. The lowest BCUT2D eigenvalue weighted by molar-refractivity contribution is -0.133. The molecule has 156 valence electrons. The first-order valence-electron chi connectivity index (χ1n) is 10.2. The molecule has 2 aliphatic rings. The fourth-order valence-electron chi connectivity index (χ4n) is 4.11. The molecule has 1 N–H and O–H groups in total. The molecule has 3 heterocycles. The van der Waals surface area contributed by atoms with E-state index in [9.17, 15) is 14.4 Å². The monoisotopic (exact) mass is 407 g/mol. The molecule has 0 radical (unpaired) electrons. The van der Waals surface area contributed by atoms with Gasteiger partial charge in [0.2, 0.25) is 17.7 Å². The molecule has 8 nitrogen and oxygen atoms in total. The number of hydrogen-bond acceptors (Lipinski definition) is 5. The lowest BCUT2D eigenvalue weighted by Gasteiger charge is -2.25. The summed E-state index contributed by atoms with van der Waals surface area (Å²) < 4.78 is 0. The minimum Gasteiger partial charge on any atom is -0.347 e. The second kappa shape index (κ2) is 8.22. The number of likely N-dealkylation sites (tertiary alicyclic amines) is 1. The molecule has 1 fully saturated rings. The van der Waals surface area contributed by atoms with Crippen LogP contribution in [0.1, 0.15) is 48.5 Å². The summed E-state index contributed by atoms with van der Waals surface area (Å²) in [7, 11) is 0. The number of benzene rings is 1. The van der Waals surface area contributed by atoms with Crippen LogP contribution in [0.5, 0.6) is 0 Å². The molecule has 0 aliphatic carbocycles. The molecule has 4 rings (SSSR count). The Kier molecular flexibility index (Phi) is 5.48. The zero-order valence-corrected chi connectivity index (χ0v) is 17.2. The van der Waals surface area contributed by atoms with Gasteiger partial charge in [-0.15, -0.1) is 0 Å². The van der Waals surface area contributed by atoms with Crippen LogP contribution in [-0.2, 0) is 27.3 Å². The molecule has 0 spiro atoms. The largest absolute Gasteiger partial charge is 0.347 e. The van der Waals surface area contributed by atoms with Crippen molar-refractivity contribution in [2.24, 2.45) is 0 Å². The van der Waals surface area contributed by atoms with Crippen molar-refractivity contribution in [1.82, 2.24) is 20.2 Å². The quantitative estimate of drug-likeness (QED) is 0.814. The highest BCUT2D eigenvalue weighted by Gasteiger charge is 2.36. The number of hydrogen-bond donors (Lipinski definition) is 1. The minimum atomic E-state index is -0.246. The summed E-state index contributed by atoms with van der Waals surface area (Å²) in [6, 6.07) is 9.57. The Morgan fingerprint density at radius 1 is 1.20 bits per heavy atom. The minimum absolute atomic E-state index is 0.00779. The normalized spacial score (nSPS) is 17.9. The number of amides is 3. The van der Waals surface area contributed by atoms with Crippen molar-refractivity contribution in [3.05, 3.63) is 53.0 Å². The molecule has 0 saturated carbocycles. The van der Waals surface area contributed by atoms with Crippen LogP contribution in [0.15, 0.2) is 30.3 Å². The van der Waals surface area contributed by atoms with Crippen LogP contribution in [0, 0.1) is 6.92 Å². The first-order valence-corrected chi connectivity index (χ1v) is 10.2. The fraction of sp³-hybridized carbons (Fsp3) is 0.409. The maximum atomic E-state index is 12.7. The molecule has 1 atom stereocenters. The van der Waals surface area contributed by atoms with E-state index < -0.39 is 0 Å². The van der Waals surface area contributed by atoms with Gasteiger partial charge in [0.25, 0.3) is 0 Å². The topological polar surface area (TPSA) is 95.5 Å². The predicted molar refractivity (Wildman–Crippen MR) is 110 cm³/mol. The van der Waals surface area contributed by atoms with Crippen molar-refractivity contribution in [1.29, 1.82) is 0 Å². The summed E-state index contributed by atoms with van der Waals surface area (Å²) >= 11 is 0. The molecule has 1 aromatic heterocycles. The van der Waals surface area contributed by atoms with Gasteiger partial charge in [-0.05, 0) is 25.3 Å². The Hall–Kier alpha value is -3.29. The van der Waals surface area contributed by atoms with E-state index in [1.807, 2.05) is 37.3 Å². The summed E-state index contributed by atoms with van der Waals surface area (Å²) in [5.41, 5.74) is 2.67. The molecular weight excluding hydrogens is 382 g/mol. The van der Waals surface area contributed by atoms with Gasteiger partial charge in [-0.3, -0.25) is 19.3 Å². The number of carbonyl (C=O) groups excluding carboxylic acids is 3. The lowest BCUT2D eigenvalue weighted by atomic mass is 10.1. The summed E-state index contributed by atoms with van der Waals surface area (Å²) in [6.07, 6.45) is 1.91. The second-order valence-electron chi connectivity index (χ2n) is 7.77. The zero-order valence-electron chi connectivity index (χ0n) is 17.2. The molecule has 2 aromatic rings. The van der Waals surface area contributed by atoms with Gasteiger partial charge in [0.05, 0.1) is 25.6 Å². The average molecular weight is 407 g/mol. The van der Waals surface area contributed by atoms with E-state index in [0.717, 1.165) is 29.7 Å². The van der Waals surface area contributed by atoms with Gasteiger partial charge >= 0.3 is 0 Å². The molecule has 8 heteroatoms. The third-order valence-corrected chi connectivity index (χ3v) is 5.64. The van der Waals surface area contributed by atoms with Gasteiger partial charge < -0.3 is 10.2 Å². The fourth-order valence-corrected chi connectivity index (χ4v) is 4.11. The molecule has 2 aliphatic heterocycles. The summed E-state index contributed by atoms with van der Waals surface area (Å²) in [5.74, 6) is 0.832. The van der Waals surface area contributed by atoms with E-state index in [2.05, 4.69) is 10.3 Å². The van der Waals surface area contributed by atoms with Crippen LogP contribution < -0.4 is 10.2 Å². The molecule has 3 amide bonds. The summed E-state index contributed by atoms with van der Waals surface area (Å²) in [5, 5.41) is 2.56. The summed E-state index contributed by atoms with van der Waals surface area (Å²) in [4.78, 5) is 49.3. The lowest BCUT2D eigenvalue weighted by Crippen LogP contribution is -2.39. The number of nitrogens with one attached hydrogen (secondary N) is 1. The van der Waals surface area contributed by atoms with Crippen molar-refractivity contribution >= 4 is 23.5 Å². The van der Waals surface area contributed by atoms with E-state index in [0.29, 0.717) is 31.2 Å². The van der Waals surface area contributed by atoms with E-state index in [4.69, 9.17) is 4.98 Å². The van der Waals surface area contributed by atoms with Crippen LogP contribution >= 0.6 is 0 Å². The van der Waals surface area contributed by atoms with Crippen molar-refractivity contribution in [3.8, 4) is 0 Å². The van der Waals surface area contributed by atoms with Crippen molar-refractivity contribution < 1.29 is 14.4 Å². The van der Waals surface area contributed by atoms with E-state index in [-0.39, 0.29) is 30.3 Å². The molecule has 0 bridgehead atoms. The number of aromatic nitrogens is 2. The van der Waals surface area contributed by atoms with E-state index >= 15 is 0 Å². The van der Waals surface area contributed by atoms with Gasteiger partial charge in [0, 0.05) is 24.7 Å². The highest BCUT2D eigenvalue weighted by molar-refractivity contribution is 6.00. The van der Waals surface area contributed by atoms with Crippen LogP contribution in [0.2, 0.25) is 0 Å². The number of anilines is 1. The first-order chi connectivity index (χ1) is 14.4. The van der Waals surface area contributed by atoms with Crippen molar-refractivity contribution in [3.63, 3.8) is 0 Å². The van der Waals surface area contributed by atoms with Crippen molar-refractivity contribution in [2.45, 2.75) is 45.7 Å². The summed E-state index contributed by atoms with van der Waals surface area (Å²) in [6.45, 7) is 4.31. The number of nitrogens with zero attached hydrogens (tertiary/aromatic N) is 4. The number of rotatable bonds is 5. The Bertz CT molecular complexity index is 992. The predicted octanol–water partition coefficient (Wildman–Crippen LogP) is 1.67. The molecular formula is C22H25N5O3. The zero-order chi connectivity index (χ0) is 21.3. The maximum Gasteiger partial charge on any atom is 0.242 e. The standard InChI is InChI=1S/C22H25N5O3/c1-14-17-11-19(29)27(13-16-7-4-3-5-8-16)22(17)25-21(24-14)18-9-6-10-26(18)20(30)12-23-15(2)28/h3-5,7-8,18H,6,9-13H2,1-2H3,(H,23,28)/t18-/m0/s1.